The van der Waals surface area contributed by atoms with E-state index in [2.05, 4.69) is 5.32 Å². The average Bonchev–Trinajstić information content (AvgIpc) is 2.39. The first kappa shape index (κ1) is 12.8. The zero-order valence-corrected chi connectivity index (χ0v) is 10.2. The number of aliphatic hydroxyl groups is 1. The maximum absolute atomic E-state index is 10.7. The average molecular weight is 250 g/mol. The van der Waals surface area contributed by atoms with Crippen LogP contribution in [0.4, 0.5) is 11.4 Å². The van der Waals surface area contributed by atoms with Crippen molar-refractivity contribution in [1.29, 1.82) is 0 Å². The van der Waals surface area contributed by atoms with Gasteiger partial charge in [-0.2, -0.15) is 0 Å². The quantitative estimate of drug-likeness (QED) is 0.636. The molecule has 5 heteroatoms. The molecule has 2 unspecified atom stereocenters. The zero-order valence-electron chi connectivity index (χ0n) is 10.2. The fraction of sp³-hybridized carbons (Fsp3) is 0.538. The van der Waals surface area contributed by atoms with Gasteiger partial charge < -0.3 is 10.4 Å². The molecule has 2 atom stereocenters. The third kappa shape index (κ3) is 2.98. The van der Waals surface area contributed by atoms with Gasteiger partial charge in [-0.15, -0.1) is 0 Å². The van der Waals surface area contributed by atoms with Gasteiger partial charge in [0.05, 0.1) is 4.92 Å². The first-order valence-electron chi connectivity index (χ1n) is 6.32. The van der Waals surface area contributed by atoms with Crippen LogP contribution in [-0.2, 0) is 0 Å². The Kier molecular flexibility index (Phi) is 4.15. The predicted octanol–water partition coefficient (Wildman–Crippen LogP) is 2.56. The highest BCUT2D eigenvalue weighted by Gasteiger charge is 2.24. The highest BCUT2D eigenvalue weighted by molar-refractivity contribution is 5.51. The van der Waals surface area contributed by atoms with Crippen LogP contribution in [0.3, 0.4) is 0 Å². The van der Waals surface area contributed by atoms with Crippen molar-refractivity contribution in [2.45, 2.75) is 31.7 Å². The summed E-state index contributed by atoms with van der Waals surface area (Å²) in [5.41, 5.74) is 0.853. The Labute approximate surface area is 106 Å². The van der Waals surface area contributed by atoms with E-state index in [0.29, 0.717) is 0 Å². The molecule has 18 heavy (non-hydrogen) atoms. The molecule has 1 fully saturated rings. The highest BCUT2D eigenvalue weighted by atomic mass is 16.6. The number of nitrogens with one attached hydrogen (secondary N) is 1. The van der Waals surface area contributed by atoms with E-state index in [-0.39, 0.29) is 24.3 Å². The largest absolute Gasteiger partial charge is 0.396 e. The summed E-state index contributed by atoms with van der Waals surface area (Å²) >= 11 is 0. The summed E-state index contributed by atoms with van der Waals surface area (Å²) in [5, 5.41) is 23.4. The van der Waals surface area contributed by atoms with E-state index >= 15 is 0 Å². The summed E-state index contributed by atoms with van der Waals surface area (Å²) in [5.74, 6) is 0.248. The van der Waals surface area contributed by atoms with E-state index in [9.17, 15) is 15.2 Å². The van der Waals surface area contributed by atoms with Crippen LogP contribution < -0.4 is 5.32 Å². The lowest BCUT2D eigenvalue weighted by atomic mass is 9.85. The lowest BCUT2D eigenvalue weighted by molar-refractivity contribution is -0.384. The van der Waals surface area contributed by atoms with E-state index in [1.807, 2.05) is 6.07 Å². The molecule has 1 aliphatic carbocycles. The topological polar surface area (TPSA) is 75.4 Å². The van der Waals surface area contributed by atoms with Gasteiger partial charge in [-0.3, -0.25) is 10.1 Å². The Morgan fingerprint density at radius 3 is 2.89 bits per heavy atom. The maximum Gasteiger partial charge on any atom is 0.271 e. The number of benzene rings is 1. The molecule has 1 aromatic carbocycles. The van der Waals surface area contributed by atoms with Crippen molar-refractivity contribution in [3.8, 4) is 0 Å². The van der Waals surface area contributed by atoms with Crippen LogP contribution in [0, 0.1) is 16.0 Å². The number of nitrogens with zero attached hydrogens (tertiary/aromatic N) is 1. The van der Waals surface area contributed by atoms with Crippen molar-refractivity contribution < 1.29 is 10.0 Å². The molecular formula is C13H18N2O3. The second-order valence-electron chi connectivity index (χ2n) is 4.79. The Hall–Kier alpha value is -1.62. The number of non-ortho nitro benzene ring substituents is 1. The van der Waals surface area contributed by atoms with Crippen molar-refractivity contribution in [2.24, 2.45) is 5.92 Å². The highest BCUT2D eigenvalue weighted by Crippen LogP contribution is 2.28. The number of rotatable bonds is 4. The standard InChI is InChI=1S/C13H18N2O3/c16-9-10-4-1-2-7-13(10)14-11-5-3-6-12(8-11)15(17)18/h3,5-6,8,10,13-14,16H,1-2,4,7,9H2. The van der Waals surface area contributed by atoms with E-state index in [0.717, 1.165) is 31.4 Å². The normalized spacial score (nSPS) is 23.6. The molecule has 2 rings (SSSR count). The molecule has 98 valence electrons. The van der Waals surface area contributed by atoms with Crippen LogP contribution in [0.15, 0.2) is 24.3 Å². The van der Waals surface area contributed by atoms with Crippen LogP contribution in [0.25, 0.3) is 0 Å². The van der Waals surface area contributed by atoms with Gasteiger partial charge in [0.15, 0.2) is 0 Å². The fourth-order valence-electron chi connectivity index (χ4n) is 2.54. The zero-order chi connectivity index (χ0) is 13.0. The van der Waals surface area contributed by atoms with Gasteiger partial charge in [-0.25, -0.2) is 0 Å². The fourth-order valence-corrected chi connectivity index (χ4v) is 2.54. The monoisotopic (exact) mass is 250 g/mol. The SMILES string of the molecule is O=[N+]([O-])c1cccc(NC2CCCCC2CO)c1. The van der Waals surface area contributed by atoms with Crippen molar-refractivity contribution in [3.05, 3.63) is 34.4 Å². The molecule has 0 radical (unpaired) electrons. The Morgan fingerprint density at radius 1 is 1.39 bits per heavy atom. The summed E-state index contributed by atoms with van der Waals surface area (Å²) < 4.78 is 0. The molecule has 1 saturated carbocycles. The number of hydrogen-bond donors (Lipinski definition) is 2. The van der Waals surface area contributed by atoms with Gasteiger partial charge in [-0.05, 0) is 18.9 Å². The summed E-state index contributed by atoms with van der Waals surface area (Å²) in [4.78, 5) is 10.3. The smallest absolute Gasteiger partial charge is 0.271 e. The Morgan fingerprint density at radius 2 is 2.17 bits per heavy atom. The number of nitro benzene ring substituents is 1. The second kappa shape index (κ2) is 5.82. The molecule has 0 heterocycles. The van der Waals surface area contributed by atoms with Gasteiger partial charge in [0, 0.05) is 36.4 Å². The van der Waals surface area contributed by atoms with Crippen molar-refractivity contribution in [3.63, 3.8) is 0 Å². The molecule has 2 N–H and O–H groups in total. The minimum absolute atomic E-state index is 0.0938. The first-order chi connectivity index (χ1) is 8.70. The van der Waals surface area contributed by atoms with Gasteiger partial charge >= 0.3 is 0 Å². The predicted molar refractivity (Wildman–Crippen MR) is 69.6 cm³/mol. The summed E-state index contributed by atoms with van der Waals surface area (Å²) in [6, 6.07) is 6.75. The lowest BCUT2D eigenvalue weighted by Gasteiger charge is -2.31. The molecule has 1 aliphatic rings. The number of hydrogen-bond acceptors (Lipinski definition) is 4. The van der Waals surface area contributed by atoms with E-state index in [1.165, 1.54) is 6.07 Å². The third-order valence-electron chi connectivity index (χ3n) is 3.55. The molecule has 0 aromatic heterocycles. The second-order valence-corrected chi connectivity index (χ2v) is 4.79. The van der Waals surface area contributed by atoms with Gasteiger partial charge in [0.2, 0.25) is 0 Å². The van der Waals surface area contributed by atoms with Crippen LogP contribution in [0.1, 0.15) is 25.7 Å². The summed E-state index contributed by atoms with van der Waals surface area (Å²) in [7, 11) is 0. The molecule has 0 spiro atoms. The molecular weight excluding hydrogens is 232 g/mol. The van der Waals surface area contributed by atoms with Crippen molar-refractivity contribution in [1.82, 2.24) is 0 Å². The molecule has 0 saturated heterocycles. The van der Waals surface area contributed by atoms with E-state index < -0.39 is 4.92 Å². The Balaban J connectivity index is 2.07. The molecule has 1 aromatic rings. The number of aliphatic hydroxyl groups excluding tert-OH is 1. The van der Waals surface area contributed by atoms with Gasteiger partial charge in [-0.1, -0.05) is 18.9 Å². The van der Waals surface area contributed by atoms with Crippen LogP contribution >= 0.6 is 0 Å². The minimum atomic E-state index is -0.393. The molecule has 0 bridgehead atoms. The first-order valence-corrected chi connectivity index (χ1v) is 6.32. The van der Waals surface area contributed by atoms with E-state index in [1.54, 1.807) is 12.1 Å². The van der Waals surface area contributed by atoms with Gasteiger partial charge in [0.1, 0.15) is 0 Å². The number of anilines is 1. The van der Waals surface area contributed by atoms with Crippen molar-refractivity contribution >= 4 is 11.4 Å². The maximum atomic E-state index is 10.7. The van der Waals surface area contributed by atoms with Crippen molar-refractivity contribution in [2.75, 3.05) is 11.9 Å². The van der Waals surface area contributed by atoms with Crippen LogP contribution in [-0.4, -0.2) is 22.7 Å². The number of nitro groups is 1. The third-order valence-corrected chi connectivity index (χ3v) is 3.55. The minimum Gasteiger partial charge on any atom is -0.396 e. The van der Waals surface area contributed by atoms with Crippen LogP contribution in [0.5, 0.6) is 0 Å². The molecule has 0 aliphatic heterocycles. The Bertz CT molecular complexity index is 422. The molecule has 5 nitrogen and oxygen atoms in total. The lowest BCUT2D eigenvalue weighted by Crippen LogP contribution is -2.34. The van der Waals surface area contributed by atoms with Crippen LogP contribution in [0.2, 0.25) is 0 Å². The summed E-state index contributed by atoms with van der Waals surface area (Å²) in [6.45, 7) is 0.173. The van der Waals surface area contributed by atoms with E-state index in [4.69, 9.17) is 0 Å². The van der Waals surface area contributed by atoms with Gasteiger partial charge in [0.25, 0.3) is 5.69 Å². The summed E-state index contributed by atoms with van der Waals surface area (Å²) in [6.07, 6.45) is 4.32. The molecule has 0 amide bonds.